The lowest BCUT2D eigenvalue weighted by Gasteiger charge is -2.13. The molecule has 6 nitrogen and oxygen atoms in total. The quantitative estimate of drug-likeness (QED) is 0.328. The van der Waals surface area contributed by atoms with E-state index in [0.29, 0.717) is 12.5 Å². The molecule has 2 N–H and O–H groups in total. The van der Waals surface area contributed by atoms with Gasteiger partial charge in [0.05, 0.1) is 24.4 Å². The zero-order chi connectivity index (χ0) is 21.1. The number of aliphatic imine (C=N–C) groups is 1. The molecule has 0 fully saturated rings. The Hall–Kier alpha value is -2.28. The lowest BCUT2D eigenvalue weighted by atomic mass is 10.1. The van der Waals surface area contributed by atoms with Gasteiger partial charge in [-0.3, -0.25) is 4.99 Å². The Bertz CT molecular complexity index is 774. The van der Waals surface area contributed by atoms with Crippen LogP contribution in [0.2, 0.25) is 0 Å². The van der Waals surface area contributed by atoms with Gasteiger partial charge in [-0.2, -0.15) is 0 Å². The number of benzene rings is 1. The Balaban J connectivity index is 1.70. The summed E-state index contributed by atoms with van der Waals surface area (Å²) in [5, 5.41) is 10.1. The first-order chi connectivity index (χ1) is 14.1. The van der Waals surface area contributed by atoms with Crippen molar-refractivity contribution >= 4 is 17.3 Å². The number of methoxy groups -OCH3 is 1. The van der Waals surface area contributed by atoms with Crippen molar-refractivity contribution in [2.45, 2.75) is 46.0 Å². The molecular formula is C22H34N4O2S. The van der Waals surface area contributed by atoms with Crippen molar-refractivity contribution < 1.29 is 9.47 Å². The highest BCUT2D eigenvalue weighted by molar-refractivity contribution is 7.09. The Morgan fingerprint density at radius 2 is 1.97 bits per heavy atom. The van der Waals surface area contributed by atoms with Crippen molar-refractivity contribution in [3.63, 3.8) is 0 Å². The van der Waals surface area contributed by atoms with Crippen LogP contribution < -0.4 is 20.1 Å². The number of aryl methyl sites for hydroxylation is 1. The predicted octanol–water partition coefficient (Wildman–Crippen LogP) is 4.01. The average Bonchev–Trinajstić information content (AvgIpc) is 3.19. The molecule has 0 amide bonds. The molecule has 1 aromatic heterocycles. The first kappa shape index (κ1) is 23.0. The summed E-state index contributed by atoms with van der Waals surface area (Å²) in [6.07, 6.45) is 2.86. The molecule has 0 saturated heterocycles. The third-order valence-corrected chi connectivity index (χ3v) is 5.62. The molecule has 0 unspecified atom stereocenters. The van der Waals surface area contributed by atoms with Crippen LogP contribution in [-0.4, -0.2) is 44.8 Å². The molecule has 0 saturated carbocycles. The van der Waals surface area contributed by atoms with E-state index in [1.165, 1.54) is 10.6 Å². The van der Waals surface area contributed by atoms with Crippen molar-refractivity contribution in [1.82, 2.24) is 15.6 Å². The maximum absolute atomic E-state index is 5.65. The van der Waals surface area contributed by atoms with E-state index in [9.17, 15) is 0 Å². The molecule has 7 heteroatoms. The van der Waals surface area contributed by atoms with Gasteiger partial charge in [-0.15, -0.1) is 11.3 Å². The fourth-order valence-electron chi connectivity index (χ4n) is 2.88. The molecule has 0 spiro atoms. The summed E-state index contributed by atoms with van der Waals surface area (Å²) in [7, 11) is 3.46. The van der Waals surface area contributed by atoms with Crippen LogP contribution in [0.4, 0.5) is 0 Å². The number of thiazole rings is 1. The molecule has 2 rings (SSSR count). The highest BCUT2D eigenvalue weighted by Gasteiger charge is 2.07. The third-order valence-electron chi connectivity index (χ3n) is 4.42. The highest BCUT2D eigenvalue weighted by Crippen LogP contribution is 2.28. The summed E-state index contributed by atoms with van der Waals surface area (Å²) in [6.45, 7) is 8.63. The monoisotopic (exact) mass is 418 g/mol. The number of rotatable bonds is 11. The second kappa shape index (κ2) is 12.3. The first-order valence-electron chi connectivity index (χ1n) is 10.3. The van der Waals surface area contributed by atoms with Crippen LogP contribution in [0.3, 0.4) is 0 Å². The summed E-state index contributed by atoms with van der Waals surface area (Å²) < 4.78 is 11.0. The number of hydrogen-bond acceptors (Lipinski definition) is 5. The Kier molecular flexibility index (Phi) is 9.77. The van der Waals surface area contributed by atoms with E-state index in [1.807, 2.05) is 13.0 Å². The molecule has 0 atom stereocenters. The fraction of sp³-hybridized carbons (Fsp3) is 0.545. The van der Waals surface area contributed by atoms with E-state index in [1.54, 1.807) is 25.5 Å². The van der Waals surface area contributed by atoms with E-state index in [2.05, 4.69) is 52.0 Å². The second-order valence-corrected chi connectivity index (χ2v) is 7.92. The van der Waals surface area contributed by atoms with Crippen molar-refractivity contribution in [3.05, 3.63) is 39.8 Å². The molecule has 0 aliphatic rings. The van der Waals surface area contributed by atoms with Gasteiger partial charge in [0.1, 0.15) is 0 Å². The molecule has 2 aromatic rings. The lowest BCUT2D eigenvalue weighted by Crippen LogP contribution is -2.38. The summed E-state index contributed by atoms with van der Waals surface area (Å²) in [5.41, 5.74) is 2.38. The summed E-state index contributed by atoms with van der Waals surface area (Å²) >= 11 is 1.74. The predicted molar refractivity (Wildman–Crippen MR) is 122 cm³/mol. The normalized spacial score (nSPS) is 11.6. The van der Waals surface area contributed by atoms with Crippen LogP contribution in [0.25, 0.3) is 0 Å². The van der Waals surface area contributed by atoms with Gasteiger partial charge < -0.3 is 20.1 Å². The summed E-state index contributed by atoms with van der Waals surface area (Å²) in [5.74, 6) is 2.90. The summed E-state index contributed by atoms with van der Waals surface area (Å²) in [6, 6.07) is 6.12. The standard InChI is InChI=1S/C22H34N4O2S/c1-6-28-20-14-17(9-10-19(20)27-5)8-7-12-24-22(23-4)25-13-11-18-15-29-21(26-18)16(2)3/h9-10,14-16H,6-8,11-13H2,1-5H3,(H2,23,24,25). The second-order valence-electron chi connectivity index (χ2n) is 7.03. The van der Waals surface area contributed by atoms with Gasteiger partial charge in [0.15, 0.2) is 17.5 Å². The van der Waals surface area contributed by atoms with E-state index in [0.717, 1.165) is 55.5 Å². The van der Waals surface area contributed by atoms with Crippen LogP contribution in [0.5, 0.6) is 11.5 Å². The largest absolute Gasteiger partial charge is 0.493 e. The number of hydrogen-bond donors (Lipinski definition) is 2. The van der Waals surface area contributed by atoms with Gasteiger partial charge in [-0.1, -0.05) is 19.9 Å². The minimum absolute atomic E-state index is 0.492. The lowest BCUT2D eigenvalue weighted by molar-refractivity contribution is 0.310. The third kappa shape index (κ3) is 7.57. The van der Waals surface area contributed by atoms with Crippen LogP contribution in [0.1, 0.15) is 49.4 Å². The van der Waals surface area contributed by atoms with Crippen molar-refractivity contribution in [2.75, 3.05) is 33.9 Å². The minimum atomic E-state index is 0.492. The number of aromatic nitrogens is 1. The zero-order valence-corrected chi connectivity index (χ0v) is 19.1. The highest BCUT2D eigenvalue weighted by atomic mass is 32.1. The number of nitrogens with one attached hydrogen (secondary N) is 2. The van der Waals surface area contributed by atoms with Crippen LogP contribution in [0, 0.1) is 0 Å². The number of ether oxygens (including phenoxy) is 2. The summed E-state index contributed by atoms with van der Waals surface area (Å²) in [4.78, 5) is 8.97. The Labute approximate surface area is 178 Å². The SMILES string of the molecule is CCOc1cc(CCCNC(=NC)NCCc2csc(C(C)C)n2)ccc1OC. The fourth-order valence-corrected chi connectivity index (χ4v) is 3.75. The van der Waals surface area contributed by atoms with Gasteiger partial charge in [-0.25, -0.2) is 4.98 Å². The zero-order valence-electron chi connectivity index (χ0n) is 18.2. The van der Waals surface area contributed by atoms with Gasteiger partial charge >= 0.3 is 0 Å². The van der Waals surface area contributed by atoms with E-state index >= 15 is 0 Å². The topological polar surface area (TPSA) is 67.8 Å². The molecule has 0 aliphatic heterocycles. The average molecular weight is 419 g/mol. The van der Waals surface area contributed by atoms with Gasteiger partial charge in [0.25, 0.3) is 0 Å². The molecule has 1 heterocycles. The smallest absolute Gasteiger partial charge is 0.190 e. The number of nitrogens with zero attached hydrogens (tertiary/aromatic N) is 2. The van der Waals surface area contributed by atoms with Crippen LogP contribution in [-0.2, 0) is 12.8 Å². The van der Waals surface area contributed by atoms with Crippen molar-refractivity contribution in [3.8, 4) is 11.5 Å². The molecule has 160 valence electrons. The van der Waals surface area contributed by atoms with Gasteiger partial charge in [-0.05, 0) is 37.5 Å². The Morgan fingerprint density at radius 3 is 2.62 bits per heavy atom. The van der Waals surface area contributed by atoms with Crippen LogP contribution in [0.15, 0.2) is 28.6 Å². The van der Waals surface area contributed by atoms with E-state index < -0.39 is 0 Å². The molecule has 0 radical (unpaired) electrons. The minimum Gasteiger partial charge on any atom is -0.493 e. The van der Waals surface area contributed by atoms with E-state index in [4.69, 9.17) is 9.47 Å². The van der Waals surface area contributed by atoms with Crippen molar-refractivity contribution in [2.24, 2.45) is 4.99 Å². The Morgan fingerprint density at radius 1 is 1.17 bits per heavy atom. The molecule has 29 heavy (non-hydrogen) atoms. The van der Waals surface area contributed by atoms with Crippen LogP contribution >= 0.6 is 11.3 Å². The van der Waals surface area contributed by atoms with E-state index in [-0.39, 0.29) is 0 Å². The molecule has 0 bridgehead atoms. The molecular weight excluding hydrogens is 384 g/mol. The van der Waals surface area contributed by atoms with Gasteiger partial charge in [0, 0.05) is 37.9 Å². The maximum Gasteiger partial charge on any atom is 0.190 e. The maximum atomic E-state index is 5.65. The number of guanidine groups is 1. The van der Waals surface area contributed by atoms with Gasteiger partial charge in [0.2, 0.25) is 0 Å². The first-order valence-corrected chi connectivity index (χ1v) is 11.1. The molecule has 1 aromatic carbocycles. The molecule has 0 aliphatic carbocycles. The van der Waals surface area contributed by atoms with Crippen molar-refractivity contribution in [1.29, 1.82) is 0 Å².